The van der Waals surface area contributed by atoms with Crippen molar-refractivity contribution < 1.29 is 24.7 Å². The fourth-order valence-corrected chi connectivity index (χ4v) is 6.10. The third-order valence-electron chi connectivity index (χ3n) is 8.02. The molecule has 0 atom stereocenters. The molecular weight excluding hydrogens is 569 g/mol. The van der Waals surface area contributed by atoms with Crippen molar-refractivity contribution >= 4 is 32.6 Å². The average molecular weight is 617 g/mol. The van der Waals surface area contributed by atoms with Gasteiger partial charge in [0.05, 0.1) is 35.7 Å². The topological polar surface area (TPSA) is 17.8 Å². The zero-order valence-electron chi connectivity index (χ0n) is 42.3. The molecule has 0 aliphatic carbocycles. The van der Waals surface area contributed by atoms with Crippen LogP contribution in [0.2, 0.25) is 0 Å². The number of rotatable bonds is 5. The van der Waals surface area contributed by atoms with E-state index in [0.29, 0.717) is 16.6 Å². The zero-order chi connectivity index (χ0) is 46.8. The van der Waals surface area contributed by atoms with Crippen LogP contribution in [-0.4, -0.2) is 9.55 Å². The van der Waals surface area contributed by atoms with Crippen LogP contribution in [0.4, 0.5) is 0 Å². The molecule has 0 spiro atoms. The molecule has 9 aromatic rings. The van der Waals surface area contributed by atoms with Gasteiger partial charge in [-0.1, -0.05) is 151 Å². The van der Waals surface area contributed by atoms with Crippen LogP contribution in [0.15, 0.2) is 182 Å². The first-order valence-electron chi connectivity index (χ1n) is 23.6. The van der Waals surface area contributed by atoms with Gasteiger partial charge >= 0.3 is 0 Å². The first-order valence-corrected chi connectivity index (χ1v) is 14.6. The Morgan fingerprint density at radius 3 is 1.70 bits per heavy atom. The summed E-state index contributed by atoms with van der Waals surface area (Å²) in [6.45, 7) is 0. The maximum absolute atomic E-state index is 9.46. The molecule has 8 aromatic carbocycles. The van der Waals surface area contributed by atoms with Crippen molar-refractivity contribution in [3.05, 3.63) is 182 Å². The zero-order valence-corrected chi connectivity index (χ0v) is 24.3. The largest absolute Gasteiger partial charge is 0.292 e. The molecule has 0 radical (unpaired) electrons. The Labute approximate surface area is 299 Å². The van der Waals surface area contributed by atoms with E-state index in [0.717, 1.165) is 0 Å². The summed E-state index contributed by atoms with van der Waals surface area (Å²) in [5, 5.41) is -0.674. The van der Waals surface area contributed by atoms with Gasteiger partial charge in [-0.05, 0) is 85.2 Å². The summed E-state index contributed by atoms with van der Waals surface area (Å²) in [5.74, 6) is 0.119. The normalized spacial score (nSPS) is 16.8. The van der Waals surface area contributed by atoms with Gasteiger partial charge in [0.25, 0.3) is 0 Å². The second kappa shape index (κ2) is 11.3. The number of para-hydroxylation sites is 3. The van der Waals surface area contributed by atoms with Crippen molar-refractivity contribution in [1.82, 2.24) is 9.55 Å². The van der Waals surface area contributed by atoms with Gasteiger partial charge in [0.15, 0.2) is 0 Å². The summed E-state index contributed by atoms with van der Waals surface area (Å²) in [7, 11) is 0. The molecule has 1 heterocycles. The van der Waals surface area contributed by atoms with E-state index >= 15 is 0 Å². The van der Waals surface area contributed by atoms with Crippen LogP contribution < -0.4 is 0 Å². The molecule has 1 aromatic heterocycles. The van der Waals surface area contributed by atoms with E-state index < -0.39 is 109 Å². The van der Waals surface area contributed by atoms with Gasteiger partial charge in [0, 0.05) is 11.3 Å². The van der Waals surface area contributed by atoms with E-state index in [1.165, 1.54) is 16.7 Å². The fraction of sp³-hybridized carbons (Fsp3) is 0. The van der Waals surface area contributed by atoms with Gasteiger partial charge in [0.1, 0.15) is 5.82 Å². The number of hydrogen-bond acceptors (Lipinski definition) is 1. The van der Waals surface area contributed by atoms with Crippen LogP contribution in [-0.2, 0) is 0 Å². The second-order valence-corrected chi connectivity index (χ2v) is 10.6. The lowest BCUT2D eigenvalue weighted by Gasteiger charge is -2.20. The summed E-state index contributed by atoms with van der Waals surface area (Å²) >= 11 is 0. The van der Waals surface area contributed by atoms with E-state index in [9.17, 15) is 5.48 Å². The first-order chi connectivity index (χ1) is 30.8. The molecule has 0 saturated carbocycles. The highest BCUT2D eigenvalue weighted by molar-refractivity contribution is 6.22. The van der Waals surface area contributed by atoms with Gasteiger partial charge < -0.3 is 0 Å². The second-order valence-electron chi connectivity index (χ2n) is 10.6. The molecule has 0 aliphatic rings. The highest BCUT2D eigenvalue weighted by atomic mass is 15.1. The first kappa shape index (κ1) is 14.5. The van der Waals surface area contributed by atoms with Crippen molar-refractivity contribution in [3.63, 3.8) is 0 Å². The molecule has 0 N–H and O–H groups in total. The smallest absolute Gasteiger partial charge is 0.145 e. The molecule has 220 valence electrons. The Bertz CT molecular complexity index is 3460. The number of hydrogen-bond donors (Lipinski definition) is 0. The summed E-state index contributed by atoms with van der Waals surface area (Å²) < 4.78 is 160. The van der Waals surface area contributed by atoms with Crippen LogP contribution in [0.5, 0.6) is 0 Å². The maximum Gasteiger partial charge on any atom is 0.145 e. The van der Waals surface area contributed by atoms with Gasteiger partial charge in [0.2, 0.25) is 0 Å². The molecular formula is C45H30N2. The van der Waals surface area contributed by atoms with Crippen LogP contribution >= 0.6 is 0 Å². The summed E-state index contributed by atoms with van der Waals surface area (Å²) in [5.41, 5.74) is 0.830. The Morgan fingerprint density at radius 2 is 1.00 bits per heavy atom. The van der Waals surface area contributed by atoms with E-state index in [1.54, 1.807) is 60.7 Å². The Hall–Kier alpha value is -6.25. The van der Waals surface area contributed by atoms with Crippen LogP contribution in [0.25, 0.3) is 83.0 Å². The van der Waals surface area contributed by atoms with E-state index in [4.69, 9.17) is 24.2 Å². The number of benzene rings is 8. The van der Waals surface area contributed by atoms with Crippen molar-refractivity contribution in [2.24, 2.45) is 0 Å². The molecule has 2 nitrogen and oxygen atoms in total. The minimum atomic E-state index is -0.670. The van der Waals surface area contributed by atoms with Gasteiger partial charge in [-0.2, -0.15) is 0 Å². The molecule has 0 aliphatic heterocycles. The summed E-state index contributed by atoms with van der Waals surface area (Å²) in [4.78, 5) is 4.84. The minimum Gasteiger partial charge on any atom is -0.292 e. The quantitative estimate of drug-likeness (QED) is 0.176. The molecule has 0 saturated heterocycles. The van der Waals surface area contributed by atoms with Gasteiger partial charge in [-0.25, -0.2) is 4.98 Å². The Kier molecular flexibility index (Phi) is 3.47. The predicted octanol–water partition coefficient (Wildman–Crippen LogP) is 12.0. The molecule has 2 heteroatoms. The third-order valence-corrected chi connectivity index (χ3v) is 8.02. The van der Waals surface area contributed by atoms with Gasteiger partial charge in [-0.15, -0.1) is 0 Å². The van der Waals surface area contributed by atoms with Crippen LogP contribution in [0.1, 0.15) is 24.7 Å². The lowest BCUT2D eigenvalue weighted by molar-refractivity contribution is 1.10. The van der Waals surface area contributed by atoms with Crippen molar-refractivity contribution in [2.75, 3.05) is 0 Å². The number of aromatic nitrogens is 2. The molecule has 9 rings (SSSR count). The molecule has 0 bridgehead atoms. The number of fused-ring (bicyclic) bond motifs is 3. The van der Waals surface area contributed by atoms with Crippen molar-refractivity contribution in [3.8, 4) is 50.5 Å². The third kappa shape index (κ3) is 4.54. The van der Waals surface area contributed by atoms with Crippen LogP contribution in [0.3, 0.4) is 0 Å². The average Bonchev–Trinajstić information content (AvgIpc) is 3.69. The van der Waals surface area contributed by atoms with Crippen molar-refractivity contribution in [2.45, 2.75) is 0 Å². The predicted molar refractivity (Wildman–Crippen MR) is 198 cm³/mol. The van der Waals surface area contributed by atoms with Crippen LogP contribution in [0, 0.1) is 0 Å². The lowest BCUT2D eigenvalue weighted by atomic mass is 9.83. The number of nitrogens with zero attached hydrogens (tertiary/aromatic N) is 2. The Balaban J connectivity index is 1.47. The maximum atomic E-state index is 9.46. The van der Waals surface area contributed by atoms with Crippen molar-refractivity contribution in [1.29, 1.82) is 0 Å². The highest BCUT2D eigenvalue weighted by Crippen LogP contribution is 2.46. The molecule has 0 amide bonds. The SMILES string of the molecule is [2H]c1c([2H])c([2H])c(-c2ccccc2-c2c3c([2H])c([2H])c([2H])c([2H])c3c(-c3cccc(-c4nc5ccccc5n4-c4c([2H])c([2H])c([2H])c([2H])c4[2H])c3)c3c([2H])c([2H])c([2H])c([2H])c23)c([2H])c1[2H]. The summed E-state index contributed by atoms with van der Waals surface area (Å²) in [6.07, 6.45) is 0. The molecule has 0 unspecified atom stereocenters. The monoisotopic (exact) mass is 616 g/mol. The summed E-state index contributed by atoms with van der Waals surface area (Å²) in [6, 6.07) is 8.48. The van der Waals surface area contributed by atoms with Gasteiger partial charge in [-0.3, -0.25) is 4.57 Å². The van der Waals surface area contributed by atoms with E-state index in [2.05, 4.69) is 0 Å². The van der Waals surface area contributed by atoms with E-state index in [-0.39, 0.29) is 66.4 Å². The minimum absolute atomic E-state index is 0.0228. The standard InChI is InChI=1S/C45H30N2/c1-3-16-31(17-4-1)35-22-7-8-23-36(35)44-39-26-11-9-24-37(39)43(38-25-10-12-27-40(38)44)32-18-15-19-33(30-32)45-46-41-28-13-14-29-42(41)47(45)34-20-5-2-6-21-34/h1-30H/i1D,2D,3D,4D,5D,6D,9D,10D,11D,12D,16D,17D,20D,21D,24D,25D,26D,27D. The number of imidazole rings is 1. The highest BCUT2D eigenvalue weighted by Gasteiger charge is 2.20. The fourth-order valence-electron chi connectivity index (χ4n) is 6.10. The molecule has 47 heavy (non-hydrogen) atoms. The Morgan fingerprint density at radius 1 is 0.447 bits per heavy atom. The lowest BCUT2D eigenvalue weighted by Crippen LogP contribution is -1.97. The molecule has 0 fully saturated rings. The van der Waals surface area contributed by atoms with E-state index in [1.807, 2.05) is 0 Å².